The quantitative estimate of drug-likeness (QED) is 0.397. The fourth-order valence-electron chi connectivity index (χ4n) is 1.69. The van der Waals surface area contributed by atoms with E-state index in [1.165, 1.54) is 6.21 Å². The second-order valence-electron chi connectivity index (χ2n) is 4.42. The number of H-pyrrole nitrogens is 1. The summed E-state index contributed by atoms with van der Waals surface area (Å²) in [6.45, 7) is 4.08. The number of aryl methyl sites for hydroxylation is 1. The van der Waals surface area contributed by atoms with Crippen LogP contribution in [0.1, 0.15) is 28.7 Å². The SMILES string of the molecule is CCOc1cc(/C=N\NC(=O)c2cc(C)[nH]n2)cc(I)c1O. The summed E-state index contributed by atoms with van der Waals surface area (Å²) in [5, 5.41) is 20.3. The lowest BCUT2D eigenvalue weighted by Gasteiger charge is -2.08. The summed E-state index contributed by atoms with van der Waals surface area (Å²) in [6, 6.07) is 5.00. The molecule has 0 saturated heterocycles. The van der Waals surface area contributed by atoms with Gasteiger partial charge in [-0.1, -0.05) is 0 Å². The molecule has 0 bridgehead atoms. The molecular weight excluding hydrogens is 399 g/mol. The van der Waals surface area contributed by atoms with Gasteiger partial charge in [0, 0.05) is 5.69 Å². The van der Waals surface area contributed by atoms with Crippen molar-refractivity contribution in [1.29, 1.82) is 0 Å². The predicted octanol–water partition coefficient (Wildman–Crippen LogP) is 2.19. The maximum atomic E-state index is 11.8. The Bertz CT molecular complexity index is 712. The number of hydrazone groups is 1. The average Bonchev–Trinajstić information content (AvgIpc) is 2.91. The van der Waals surface area contributed by atoms with Gasteiger partial charge in [-0.2, -0.15) is 10.2 Å². The van der Waals surface area contributed by atoms with Crippen molar-refractivity contribution in [2.75, 3.05) is 6.61 Å². The van der Waals surface area contributed by atoms with E-state index in [1.54, 1.807) is 25.1 Å². The van der Waals surface area contributed by atoms with Crippen molar-refractivity contribution in [2.24, 2.45) is 5.10 Å². The van der Waals surface area contributed by atoms with Gasteiger partial charge in [-0.25, -0.2) is 5.43 Å². The zero-order chi connectivity index (χ0) is 16.1. The minimum Gasteiger partial charge on any atom is -0.504 e. The lowest BCUT2D eigenvalue weighted by molar-refractivity contribution is 0.0950. The number of amides is 1. The molecule has 8 heteroatoms. The van der Waals surface area contributed by atoms with Crippen molar-refractivity contribution in [1.82, 2.24) is 15.6 Å². The van der Waals surface area contributed by atoms with Crippen molar-refractivity contribution >= 4 is 34.7 Å². The first-order valence-electron chi connectivity index (χ1n) is 6.52. The number of phenolic OH excluding ortho intramolecular Hbond substituents is 1. The number of nitrogens with zero attached hydrogens (tertiary/aromatic N) is 2. The number of ether oxygens (including phenoxy) is 1. The van der Waals surface area contributed by atoms with E-state index < -0.39 is 5.91 Å². The Balaban J connectivity index is 2.08. The predicted molar refractivity (Wildman–Crippen MR) is 90.4 cm³/mol. The van der Waals surface area contributed by atoms with Gasteiger partial charge in [0.2, 0.25) is 0 Å². The van der Waals surface area contributed by atoms with Gasteiger partial charge >= 0.3 is 0 Å². The third kappa shape index (κ3) is 3.97. The standard InChI is InChI=1S/C14H15IN4O3/c1-3-22-12-6-9(5-10(15)13(12)20)7-16-19-14(21)11-4-8(2)17-18-11/h4-7,20H,3H2,1-2H3,(H,17,18)(H,19,21)/b16-7-. The van der Waals surface area contributed by atoms with Crippen LogP contribution in [0.15, 0.2) is 23.3 Å². The number of phenols is 1. The van der Waals surface area contributed by atoms with Crippen LogP contribution in [0.5, 0.6) is 11.5 Å². The maximum absolute atomic E-state index is 11.8. The average molecular weight is 414 g/mol. The molecule has 0 fully saturated rings. The monoisotopic (exact) mass is 414 g/mol. The molecule has 1 amide bonds. The van der Waals surface area contributed by atoms with Crippen LogP contribution in [0.4, 0.5) is 0 Å². The van der Waals surface area contributed by atoms with Crippen molar-refractivity contribution < 1.29 is 14.6 Å². The van der Waals surface area contributed by atoms with E-state index in [4.69, 9.17) is 4.74 Å². The molecule has 3 N–H and O–H groups in total. The minimum absolute atomic E-state index is 0.0932. The topological polar surface area (TPSA) is 99.6 Å². The molecule has 2 aromatic rings. The molecule has 0 spiro atoms. The molecule has 0 aliphatic carbocycles. The van der Waals surface area contributed by atoms with E-state index in [1.807, 2.05) is 29.5 Å². The van der Waals surface area contributed by atoms with Gasteiger partial charge < -0.3 is 9.84 Å². The number of hydrogen-bond donors (Lipinski definition) is 3. The molecule has 22 heavy (non-hydrogen) atoms. The van der Waals surface area contributed by atoms with Gasteiger partial charge in [0.25, 0.3) is 5.91 Å². The van der Waals surface area contributed by atoms with E-state index in [0.717, 1.165) is 5.69 Å². The van der Waals surface area contributed by atoms with Gasteiger partial charge in [0.1, 0.15) is 0 Å². The van der Waals surface area contributed by atoms with Crippen LogP contribution in [0.25, 0.3) is 0 Å². The summed E-state index contributed by atoms with van der Waals surface area (Å²) in [4.78, 5) is 11.8. The fraction of sp³-hybridized carbons (Fsp3) is 0.214. The smallest absolute Gasteiger partial charge is 0.291 e. The summed E-state index contributed by atoms with van der Waals surface area (Å²) >= 11 is 2.00. The van der Waals surface area contributed by atoms with Crippen molar-refractivity contribution in [3.05, 3.63) is 38.7 Å². The normalized spacial score (nSPS) is 10.9. The van der Waals surface area contributed by atoms with Gasteiger partial charge in [-0.05, 0) is 60.2 Å². The highest BCUT2D eigenvalue weighted by atomic mass is 127. The molecular formula is C14H15IN4O3. The number of aromatic nitrogens is 2. The number of benzene rings is 1. The molecule has 2 rings (SSSR count). The van der Waals surface area contributed by atoms with Gasteiger partial charge in [0.05, 0.1) is 16.4 Å². The van der Waals surface area contributed by atoms with Gasteiger partial charge in [-0.15, -0.1) is 0 Å². The lowest BCUT2D eigenvalue weighted by Crippen LogP contribution is -2.18. The van der Waals surface area contributed by atoms with Crippen LogP contribution in [0.3, 0.4) is 0 Å². The summed E-state index contributed by atoms with van der Waals surface area (Å²) in [5.74, 6) is 0.0693. The number of halogens is 1. The molecule has 1 aromatic heterocycles. The Morgan fingerprint density at radius 2 is 2.32 bits per heavy atom. The minimum atomic E-state index is -0.404. The maximum Gasteiger partial charge on any atom is 0.291 e. The summed E-state index contributed by atoms with van der Waals surface area (Å²) in [7, 11) is 0. The number of rotatable bonds is 5. The highest BCUT2D eigenvalue weighted by Gasteiger charge is 2.09. The molecule has 1 heterocycles. The number of aromatic amines is 1. The highest BCUT2D eigenvalue weighted by Crippen LogP contribution is 2.32. The van der Waals surface area contributed by atoms with Crippen molar-refractivity contribution in [3.8, 4) is 11.5 Å². The largest absolute Gasteiger partial charge is 0.504 e. The Morgan fingerprint density at radius 3 is 2.95 bits per heavy atom. The number of nitrogens with one attached hydrogen (secondary N) is 2. The molecule has 0 aliphatic rings. The summed E-state index contributed by atoms with van der Waals surface area (Å²) in [5.41, 5.74) is 4.15. The molecule has 0 unspecified atom stereocenters. The second kappa shape index (κ2) is 7.25. The van der Waals surface area contributed by atoms with Crippen LogP contribution < -0.4 is 10.2 Å². The van der Waals surface area contributed by atoms with Crippen LogP contribution in [0, 0.1) is 10.5 Å². The van der Waals surface area contributed by atoms with E-state index in [-0.39, 0.29) is 11.4 Å². The first-order valence-corrected chi connectivity index (χ1v) is 7.60. The molecule has 116 valence electrons. The van der Waals surface area contributed by atoms with Crippen molar-refractivity contribution in [3.63, 3.8) is 0 Å². The third-order valence-electron chi connectivity index (χ3n) is 2.67. The second-order valence-corrected chi connectivity index (χ2v) is 5.58. The number of hydrogen-bond acceptors (Lipinski definition) is 5. The van der Waals surface area contributed by atoms with E-state index in [9.17, 15) is 9.90 Å². The Kier molecular flexibility index (Phi) is 5.36. The van der Waals surface area contributed by atoms with Crippen LogP contribution in [-0.2, 0) is 0 Å². The highest BCUT2D eigenvalue weighted by molar-refractivity contribution is 14.1. The number of carbonyl (C=O) groups is 1. The first kappa shape index (κ1) is 16.3. The molecule has 0 aliphatic heterocycles. The zero-order valence-electron chi connectivity index (χ0n) is 12.1. The molecule has 1 aromatic carbocycles. The Morgan fingerprint density at radius 1 is 1.55 bits per heavy atom. The van der Waals surface area contributed by atoms with Gasteiger partial charge in [-0.3, -0.25) is 9.89 Å². The first-order chi connectivity index (χ1) is 10.5. The van der Waals surface area contributed by atoms with E-state index in [0.29, 0.717) is 21.5 Å². The number of carbonyl (C=O) groups excluding carboxylic acids is 1. The molecule has 0 radical (unpaired) electrons. The number of aromatic hydroxyl groups is 1. The van der Waals surface area contributed by atoms with Gasteiger partial charge in [0.15, 0.2) is 17.2 Å². The fourth-order valence-corrected chi connectivity index (χ4v) is 2.32. The molecule has 0 atom stereocenters. The lowest BCUT2D eigenvalue weighted by atomic mass is 10.2. The Hall–Kier alpha value is -2.10. The van der Waals surface area contributed by atoms with Crippen LogP contribution >= 0.6 is 22.6 Å². The third-order valence-corrected chi connectivity index (χ3v) is 3.49. The van der Waals surface area contributed by atoms with Crippen LogP contribution in [0.2, 0.25) is 0 Å². The zero-order valence-corrected chi connectivity index (χ0v) is 14.2. The van der Waals surface area contributed by atoms with E-state index in [2.05, 4.69) is 20.7 Å². The van der Waals surface area contributed by atoms with E-state index >= 15 is 0 Å². The van der Waals surface area contributed by atoms with Crippen molar-refractivity contribution in [2.45, 2.75) is 13.8 Å². The summed E-state index contributed by atoms with van der Waals surface area (Å²) in [6.07, 6.45) is 1.47. The summed E-state index contributed by atoms with van der Waals surface area (Å²) < 4.78 is 5.98. The molecule has 0 saturated carbocycles. The van der Waals surface area contributed by atoms with Crippen LogP contribution in [-0.4, -0.2) is 34.0 Å². The Labute approximate surface area is 140 Å². The molecule has 7 nitrogen and oxygen atoms in total.